The molecule has 0 aliphatic heterocycles. The third-order valence-corrected chi connectivity index (χ3v) is 4.40. The molecule has 1 atom stereocenters. The molecule has 1 aliphatic rings. The summed E-state index contributed by atoms with van der Waals surface area (Å²) in [5.41, 5.74) is 1.45. The standard InChI is InChI=1S/C18H22N2O2/c1-15-8-6-7-11-18(15,2)20(13-12-19)17(21)22-14-16-9-4-3-5-10-16/h3-5,9-10H,1,6-8,11,13-14H2,2H3. The Labute approximate surface area is 132 Å². The highest BCUT2D eigenvalue weighted by atomic mass is 16.6. The average Bonchev–Trinajstić information content (AvgIpc) is 2.54. The normalized spacial score (nSPS) is 21.0. The van der Waals surface area contributed by atoms with Gasteiger partial charge in [0.25, 0.3) is 0 Å². The molecule has 1 unspecified atom stereocenters. The molecular weight excluding hydrogens is 276 g/mol. The topological polar surface area (TPSA) is 53.3 Å². The van der Waals surface area contributed by atoms with E-state index in [0.29, 0.717) is 0 Å². The number of benzene rings is 1. The number of nitriles is 1. The predicted octanol–water partition coefficient (Wildman–Crippen LogP) is 4.04. The average molecular weight is 298 g/mol. The van der Waals surface area contributed by atoms with Crippen LogP contribution in [0, 0.1) is 11.3 Å². The molecule has 22 heavy (non-hydrogen) atoms. The summed E-state index contributed by atoms with van der Waals surface area (Å²) in [6, 6.07) is 11.6. The molecule has 116 valence electrons. The maximum Gasteiger partial charge on any atom is 0.411 e. The minimum Gasteiger partial charge on any atom is -0.445 e. The number of carbonyl (C=O) groups excluding carboxylic acids is 1. The lowest BCUT2D eigenvalue weighted by Gasteiger charge is -2.43. The van der Waals surface area contributed by atoms with Gasteiger partial charge in [-0.2, -0.15) is 5.26 Å². The van der Waals surface area contributed by atoms with Crippen molar-refractivity contribution in [2.45, 2.75) is 44.8 Å². The molecule has 1 aliphatic carbocycles. The molecule has 1 saturated carbocycles. The maximum absolute atomic E-state index is 12.5. The first-order chi connectivity index (χ1) is 10.6. The molecule has 4 heteroatoms. The van der Waals surface area contributed by atoms with E-state index in [0.717, 1.165) is 36.8 Å². The summed E-state index contributed by atoms with van der Waals surface area (Å²) in [6.07, 6.45) is 3.39. The van der Waals surface area contributed by atoms with Crippen molar-refractivity contribution >= 4 is 6.09 Å². The second kappa shape index (κ2) is 7.13. The van der Waals surface area contributed by atoms with Crippen molar-refractivity contribution in [1.29, 1.82) is 5.26 Å². The number of carbonyl (C=O) groups is 1. The molecule has 0 spiro atoms. The van der Waals surface area contributed by atoms with Crippen LogP contribution in [0.5, 0.6) is 0 Å². The smallest absolute Gasteiger partial charge is 0.411 e. The van der Waals surface area contributed by atoms with Crippen molar-refractivity contribution in [3.63, 3.8) is 0 Å². The zero-order valence-electron chi connectivity index (χ0n) is 13.0. The fraction of sp³-hybridized carbons (Fsp3) is 0.444. The molecule has 4 nitrogen and oxygen atoms in total. The zero-order valence-corrected chi connectivity index (χ0v) is 13.0. The third-order valence-electron chi connectivity index (χ3n) is 4.40. The van der Waals surface area contributed by atoms with E-state index in [1.807, 2.05) is 37.3 Å². The number of rotatable bonds is 4. The monoisotopic (exact) mass is 298 g/mol. The molecule has 0 saturated heterocycles. The van der Waals surface area contributed by atoms with Gasteiger partial charge in [-0.05, 0) is 31.7 Å². The summed E-state index contributed by atoms with van der Waals surface area (Å²) >= 11 is 0. The van der Waals surface area contributed by atoms with Crippen LogP contribution in [0.4, 0.5) is 4.79 Å². The molecule has 0 N–H and O–H groups in total. The fourth-order valence-electron chi connectivity index (χ4n) is 2.89. The Morgan fingerprint density at radius 2 is 2.14 bits per heavy atom. The highest BCUT2D eigenvalue weighted by Crippen LogP contribution is 2.37. The van der Waals surface area contributed by atoms with Gasteiger partial charge in [-0.25, -0.2) is 4.79 Å². The van der Waals surface area contributed by atoms with Crippen LogP contribution < -0.4 is 0 Å². The predicted molar refractivity (Wildman–Crippen MR) is 85.0 cm³/mol. The summed E-state index contributed by atoms with van der Waals surface area (Å²) in [4.78, 5) is 14.0. The highest BCUT2D eigenvalue weighted by molar-refractivity contribution is 5.70. The van der Waals surface area contributed by atoms with E-state index in [1.54, 1.807) is 0 Å². The molecule has 0 heterocycles. The van der Waals surface area contributed by atoms with E-state index in [4.69, 9.17) is 10.00 Å². The highest BCUT2D eigenvalue weighted by Gasteiger charge is 2.39. The lowest BCUT2D eigenvalue weighted by molar-refractivity contribution is 0.0611. The van der Waals surface area contributed by atoms with Gasteiger partial charge >= 0.3 is 6.09 Å². The zero-order chi connectivity index (χ0) is 16.0. The summed E-state index contributed by atoms with van der Waals surface area (Å²) in [7, 11) is 0. The van der Waals surface area contributed by atoms with Crippen LogP contribution >= 0.6 is 0 Å². The Kier molecular flexibility index (Phi) is 5.21. The largest absolute Gasteiger partial charge is 0.445 e. The van der Waals surface area contributed by atoms with E-state index in [-0.39, 0.29) is 13.2 Å². The van der Waals surface area contributed by atoms with Gasteiger partial charge in [0.15, 0.2) is 0 Å². The van der Waals surface area contributed by atoms with Crippen molar-refractivity contribution in [3.05, 3.63) is 48.0 Å². The summed E-state index contributed by atoms with van der Waals surface area (Å²) in [6.45, 7) is 6.32. The molecule has 1 aromatic rings. The second-order valence-electron chi connectivity index (χ2n) is 5.87. The van der Waals surface area contributed by atoms with Crippen molar-refractivity contribution < 1.29 is 9.53 Å². The molecular formula is C18H22N2O2. The summed E-state index contributed by atoms with van der Waals surface area (Å²) < 4.78 is 5.40. The molecule has 2 rings (SSSR count). The number of amides is 1. The van der Waals surface area contributed by atoms with Crippen molar-refractivity contribution in [2.75, 3.05) is 6.54 Å². The number of hydrogen-bond donors (Lipinski definition) is 0. The van der Waals surface area contributed by atoms with Crippen LogP contribution in [0.25, 0.3) is 0 Å². The Balaban J connectivity index is 2.08. The Morgan fingerprint density at radius 3 is 2.77 bits per heavy atom. The minimum atomic E-state index is -0.484. The van der Waals surface area contributed by atoms with Crippen LogP contribution in [-0.2, 0) is 11.3 Å². The van der Waals surface area contributed by atoms with Gasteiger partial charge in [-0.3, -0.25) is 4.90 Å². The van der Waals surface area contributed by atoms with Gasteiger partial charge in [0.2, 0.25) is 0 Å². The van der Waals surface area contributed by atoms with Crippen LogP contribution in [0.2, 0.25) is 0 Å². The van der Waals surface area contributed by atoms with Gasteiger partial charge in [-0.15, -0.1) is 0 Å². The molecule has 0 bridgehead atoms. The third kappa shape index (κ3) is 3.48. The number of ether oxygens (including phenoxy) is 1. The minimum absolute atomic E-state index is 0.0170. The first-order valence-electron chi connectivity index (χ1n) is 7.61. The Morgan fingerprint density at radius 1 is 1.41 bits per heavy atom. The lowest BCUT2D eigenvalue weighted by Crippen LogP contribution is -2.52. The number of hydrogen-bond acceptors (Lipinski definition) is 3. The van der Waals surface area contributed by atoms with Crippen molar-refractivity contribution in [1.82, 2.24) is 4.90 Å². The quantitative estimate of drug-likeness (QED) is 0.622. The molecule has 1 amide bonds. The molecule has 0 aromatic heterocycles. The van der Waals surface area contributed by atoms with Crippen LogP contribution in [0.3, 0.4) is 0 Å². The van der Waals surface area contributed by atoms with E-state index in [2.05, 4.69) is 12.6 Å². The van der Waals surface area contributed by atoms with Gasteiger partial charge in [0.05, 0.1) is 11.6 Å². The maximum atomic E-state index is 12.5. The Bertz CT molecular complexity index is 576. The van der Waals surface area contributed by atoms with Crippen molar-refractivity contribution in [2.24, 2.45) is 0 Å². The Hall–Kier alpha value is -2.28. The number of nitrogens with zero attached hydrogens (tertiary/aromatic N) is 2. The first kappa shape index (κ1) is 16.1. The first-order valence-corrected chi connectivity index (χ1v) is 7.61. The van der Waals surface area contributed by atoms with Crippen molar-refractivity contribution in [3.8, 4) is 6.07 Å². The van der Waals surface area contributed by atoms with Gasteiger partial charge < -0.3 is 4.74 Å². The lowest BCUT2D eigenvalue weighted by atomic mass is 9.78. The molecule has 1 aromatic carbocycles. The van der Waals surface area contributed by atoms with Gasteiger partial charge in [-0.1, -0.05) is 48.9 Å². The second-order valence-corrected chi connectivity index (χ2v) is 5.87. The van der Waals surface area contributed by atoms with Crippen LogP contribution in [0.1, 0.15) is 38.2 Å². The van der Waals surface area contributed by atoms with E-state index < -0.39 is 11.6 Å². The van der Waals surface area contributed by atoms with E-state index in [1.165, 1.54) is 4.90 Å². The molecule has 1 fully saturated rings. The summed E-state index contributed by atoms with van der Waals surface area (Å²) in [5.74, 6) is 0. The van der Waals surface area contributed by atoms with E-state index >= 15 is 0 Å². The van der Waals surface area contributed by atoms with Crippen LogP contribution in [-0.4, -0.2) is 23.1 Å². The molecule has 0 radical (unpaired) electrons. The fourth-order valence-corrected chi connectivity index (χ4v) is 2.89. The van der Waals surface area contributed by atoms with Crippen LogP contribution in [0.15, 0.2) is 42.5 Å². The van der Waals surface area contributed by atoms with E-state index in [9.17, 15) is 4.79 Å². The SMILES string of the molecule is C=C1CCCCC1(C)N(CC#N)C(=O)OCc1ccccc1. The van der Waals surface area contributed by atoms with Gasteiger partial charge in [0, 0.05) is 0 Å². The van der Waals surface area contributed by atoms with Gasteiger partial charge in [0.1, 0.15) is 13.2 Å². The summed E-state index contributed by atoms with van der Waals surface area (Å²) in [5, 5.41) is 9.07.